The molecule has 1 aliphatic rings. The normalized spacial score (nSPS) is 24.2. The van der Waals surface area contributed by atoms with Gasteiger partial charge in [0.05, 0.1) is 11.1 Å². The zero-order chi connectivity index (χ0) is 14.7. The summed E-state index contributed by atoms with van der Waals surface area (Å²) in [7, 11) is 1.64. The molecule has 0 fully saturated rings. The number of aliphatic hydroxyl groups excluding tert-OH is 2. The smallest absolute Gasteiger partial charge is 0.260 e. The van der Waals surface area contributed by atoms with E-state index in [9.17, 15) is 15.0 Å². The lowest BCUT2D eigenvalue weighted by Crippen LogP contribution is -2.50. The minimum atomic E-state index is -1.25. The molecule has 1 aromatic heterocycles. The SMILES string of the molecule is Cn1c(=O)c2c(c3ccccc31)OC(C)(C)[C@@H](O)[C@H]2O. The number of ether oxygens (including phenoxy) is 1. The summed E-state index contributed by atoms with van der Waals surface area (Å²) in [6.07, 6.45) is -2.40. The van der Waals surface area contributed by atoms with Crippen molar-refractivity contribution in [2.24, 2.45) is 7.05 Å². The quantitative estimate of drug-likeness (QED) is 0.755. The number of fused-ring (bicyclic) bond motifs is 3. The number of para-hydroxylation sites is 1. The third-order valence-corrected chi connectivity index (χ3v) is 3.96. The Kier molecular flexibility index (Phi) is 2.68. The maximum absolute atomic E-state index is 12.4. The van der Waals surface area contributed by atoms with E-state index in [0.29, 0.717) is 5.75 Å². The molecule has 0 unspecified atom stereocenters. The van der Waals surface area contributed by atoms with Crippen LogP contribution < -0.4 is 10.3 Å². The van der Waals surface area contributed by atoms with E-state index in [1.165, 1.54) is 4.57 Å². The Morgan fingerprint density at radius 2 is 1.90 bits per heavy atom. The molecule has 5 nitrogen and oxygen atoms in total. The topological polar surface area (TPSA) is 71.7 Å². The summed E-state index contributed by atoms with van der Waals surface area (Å²) < 4.78 is 7.29. The van der Waals surface area contributed by atoms with Gasteiger partial charge in [-0.15, -0.1) is 0 Å². The van der Waals surface area contributed by atoms with Crippen LogP contribution in [0.3, 0.4) is 0 Å². The van der Waals surface area contributed by atoms with E-state index in [1.807, 2.05) is 24.3 Å². The molecule has 0 saturated carbocycles. The summed E-state index contributed by atoms with van der Waals surface area (Å²) in [5, 5.41) is 21.2. The summed E-state index contributed by atoms with van der Waals surface area (Å²) in [5.74, 6) is 0.367. The molecule has 0 aliphatic carbocycles. The first-order chi connectivity index (χ1) is 9.34. The lowest BCUT2D eigenvalue weighted by molar-refractivity contribution is -0.111. The molecule has 106 valence electrons. The maximum atomic E-state index is 12.4. The summed E-state index contributed by atoms with van der Waals surface area (Å²) in [4.78, 5) is 12.4. The summed E-state index contributed by atoms with van der Waals surface area (Å²) in [5.41, 5.74) is -0.448. The highest BCUT2D eigenvalue weighted by Crippen LogP contribution is 2.41. The predicted molar refractivity (Wildman–Crippen MR) is 74.9 cm³/mol. The Balaban J connectivity index is 2.45. The van der Waals surface area contributed by atoms with Crippen molar-refractivity contribution < 1.29 is 14.9 Å². The molecular formula is C15H17NO4. The van der Waals surface area contributed by atoms with Crippen LogP contribution in [0.2, 0.25) is 0 Å². The Hall–Kier alpha value is -1.85. The number of hydrogen-bond acceptors (Lipinski definition) is 4. The molecule has 0 saturated heterocycles. The largest absolute Gasteiger partial charge is 0.484 e. The molecule has 2 atom stereocenters. The van der Waals surface area contributed by atoms with Gasteiger partial charge in [-0.05, 0) is 26.0 Å². The van der Waals surface area contributed by atoms with Gasteiger partial charge in [-0.25, -0.2) is 0 Å². The Labute approximate surface area is 116 Å². The van der Waals surface area contributed by atoms with E-state index < -0.39 is 17.8 Å². The van der Waals surface area contributed by atoms with Gasteiger partial charge in [-0.3, -0.25) is 4.79 Å². The van der Waals surface area contributed by atoms with Crippen molar-refractivity contribution in [2.45, 2.75) is 31.7 Å². The molecule has 0 amide bonds. The van der Waals surface area contributed by atoms with Gasteiger partial charge in [-0.2, -0.15) is 0 Å². The number of nitrogens with zero attached hydrogens (tertiary/aromatic N) is 1. The van der Waals surface area contributed by atoms with Crippen LogP contribution in [0.1, 0.15) is 25.5 Å². The van der Waals surface area contributed by atoms with E-state index in [-0.39, 0.29) is 11.1 Å². The highest BCUT2D eigenvalue weighted by atomic mass is 16.5. The van der Waals surface area contributed by atoms with Crippen LogP contribution in [0.15, 0.2) is 29.1 Å². The van der Waals surface area contributed by atoms with Crippen molar-refractivity contribution in [1.29, 1.82) is 0 Å². The van der Waals surface area contributed by atoms with Crippen molar-refractivity contribution in [3.63, 3.8) is 0 Å². The minimum Gasteiger partial charge on any atom is -0.484 e. The van der Waals surface area contributed by atoms with Crippen LogP contribution in [-0.2, 0) is 7.05 Å². The second kappa shape index (κ2) is 4.07. The fourth-order valence-corrected chi connectivity index (χ4v) is 2.72. The zero-order valence-electron chi connectivity index (χ0n) is 11.6. The molecule has 1 aliphatic heterocycles. The summed E-state index contributed by atoms with van der Waals surface area (Å²) >= 11 is 0. The van der Waals surface area contributed by atoms with Crippen LogP contribution in [-0.4, -0.2) is 26.5 Å². The van der Waals surface area contributed by atoms with Crippen molar-refractivity contribution in [2.75, 3.05) is 0 Å². The third-order valence-electron chi connectivity index (χ3n) is 3.96. The first-order valence-electron chi connectivity index (χ1n) is 6.51. The van der Waals surface area contributed by atoms with Gasteiger partial charge >= 0.3 is 0 Å². The van der Waals surface area contributed by atoms with Gasteiger partial charge in [0.2, 0.25) is 0 Å². The van der Waals surface area contributed by atoms with E-state index in [4.69, 9.17) is 4.74 Å². The first kappa shape index (κ1) is 13.1. The highest BCUT2D eigenvalue weighted by Gasteiger charge is 2.44. The highest BCUT2D eigenvalue weighted by molar-refractivity contribution is 5.87. The number of aryl methyl sites for hydroxylation is 1. The number of rotatable bonds is 0. The molecular weight excluding hydrogens is 258 g/mol. The second-order valence-electron chi connectivity index (χ2n) is 5.72. The van der Waals surface area contributed by atoms with Crippen molar-refractivity contribution in [3.05, 3.63) is 40.2 Å². The second-order valence-corrected chi connectivity index (χ2v) is 5.72. The standard InChI is InChI=1S/C15H17NO4/c1-15(2)13(18)11(17)10-12(20-15)8-6-4-5-7-9(8)16(3)14(10)19/h4-7,11,13,17-18H,1-3H3/t11-,13-/m0/s1. The van der Waals surface area contributed by atoms with Crippen molar-refractivity contribution in [1.82, 2.24) is 4.57 Å². The maximum Gasteiger partial charge on any atom is 0.260 e. The molecule has 3 rings (SSSR count). The van der Waals surface area contributed by atoms with Gasteiger partial charge in [0.1, 0.15) is 23.6 Å². The predicted octanol–water partition coefficient (Wildman–Crippen LogP) is 1.10. The van der Waals surface area contributed by atoms with Gasteiger partial charge in [0.25, 0.3) is 5.56 Å². The van der Waals surface area contributed by atoms with E-state index >= 15 is 0 Å². The molecule has 0 spiro atoms. The number of hydrogen-bond donors (Lipinski definition) is 2. The molecule has 2 heterocycles. The monoisotopic (exact) mass is 275 g/mol. The van der Waals surface area contributed by atoms with Crippen LogP contribution in [0.25, 0.3) is 10.9 Å². The van der Waals surface area contributed by atoms with Gasteiger partial charge < -0.3 is 19.5 Å². The van der Waals surface area contributed by atoms with Gasteiger partial charge in [-0.1, -0.05) is 12.1 Å². The molecule has 1 aromatic carbocycles. The summed E-state index contributed by atoms with van der Waals surface area (Å²) in [6, 6.07) is 7.35. The fraction of sp³-hybridized carbons (Fsp3) is 0.400. The number of aromatic nitrogens is 1. The lowest BCUT2D eigenvalue weighted by Gasteiger charge is -2.40. The van der Waals surface area contributed by atoms with Gasteiger partial charge in [0.15, 0.2) is 0 Å². The molecule has 0 radical (unpaired) electrons. The van der Waals surface area contributed by atoms with Crippen LogP contribution in [0, 0.1) is 0 Å². The van der Waals surface area contributed by atoms with Crippen LogP contribution in [0.4, 0.5) is 0 Å². The molecule has 20 heavy (non-hydrogen) atoms. The molecule has 2 aromatic rings. The van der Waals surface area contributed by atoms with Crippen LogP contribution >= 0.6 is 0 Å². The fourth-order valence-electron chi connectivity index (χ4n) is 2.72. The van der Waals surface area contributed by atoms with E-state index in [1.54, 1.807) is 20.9 Å². The zero-order valence-corrected chi connectivity index (χ0v) is 11.6. The lowest BCUT2D eigenvalue weighted by atomic mass is 9.88. The molecule has 5 heteroatoms. The average Bonchev–Trinajstić information content (AvgIpc) is 2.42. The van der Waals surface area contributed by atoms with E-state index in [0.717, 1.165) is 10.9 Å². The van der Waals surface area contributed by atoms with E-state index in [2.05, 4.69) is 0 Å². The molecule has 0 bridgehead atoms. The van der Waals surface area contributed by atoms with Crippen LogP contribution in [0.5, 0.6) is 5.75 Å². The average molecular weight is 275 g/mol. The Bertz CT molecular complexity index is 747. The summed E-state index contributed by atoms with van der Waals surface area (Å²) in [6.45, 7) is 3.38. The molecule has 2 N–H and O–H groups in total. The van der Waals surface area contributed by atoms with Crippen molar-refractivity contribution in [3.8, 4) is 5.75 Å². The number of aliphatic hydroxyl groups is 2. The number of pyridine rings is 1. The number of benzene rings is 1. The third kappa shape index (κ3) is 1.60. The van der Waals surface area contributed by atoms with Gasteiger partial charge in [0, 0.05) is 12.4 Å². The minimum absolute atomic E-state index is 0.123. The Morgan fingerprint density at radius 1 is 1.25 bits per heavy atom. The first-order valence-corrected chi connectivity index (χ1v) is 6.51. The van der Waals surface area contributed by atoms with Crippen molar-refractivity contribution >= 4 is 10.9 Å². The Morgan fingerprint density at radius 3 is 2.60 bits per heavy atom.